The molecule has 0 aromatic heterocycles. The van der Waals surface area contributed by atoms with Gasteiger partial charge in [-0.05, 0) is 71.7 Å². The molecule has 3 rings (SSSR count). The number of aryl methyl sites for hydroxylation is 1. The van der Waals surface area contributed by atoms with Gasteiger partial charge in [-0.25, -0.2) is 4.79 Å². The van der Waals surface area contributed by atoms with E-state index >= 15 is 0 Å². The number of rotatable bonds is 11. The monoisotopic (exact) mass is 453 g/mol. The Bertz CT molecular complexity index is 1110. The van der Waals surface area contributed by atoms with Gasteiger partial charge in [0.25, 0.3) is 0 Å². The molecule has 1 atom stereocenters. The fourth-order valence-corrected chi connectivity index (χ4v) is 4.28. The first kappa shape index (κ1) is 25.2. The van der Waals surface area contributed by atoms with Crippen LogP contribution in [0.25, 0.3) is 11.1 Å². The number of ether oxygens (including phenoxy) is 1. The van der Waals surface area contributed by atoms with E-state index in [1.807, 2.05) is 24.3 Å². The molecule has 1 unspecified atom stereocenters. The highest BCUT2D eigenvalue weighted by molar-refractivity contribution is 5.92. The zero-order chi connectivity index (χ0) is 24.3. The lowest BCUT2D eigenvalue weighted by Gasteiger charge is -2.11. The average molecular weight is 454 g/mol. The van der Waals surface area contributed by atoms with Crippen LogP contribution in [0.1, 0.15) is 79.9 Å². The number of nitrogens with zero attached hydrogens (tertiary/aromatic N) is 1. The van der Waals surface area contributed by atoms with Crippen molar-refractivity contribution in [2.24, 2.45) is 5.92 Å². The molecule has 0 aliphatic rings. The summed E-state index contributed by atoms with van der Waals surface area (Å²) in [5.74, 6) is 0.547. The van der Waals surface area contributed by atoms with Crippen molar-refractivity contribution in [3.8, 4) is 22.9 Å². The minimum atomic E-state index is -0.456. The predicted octanol–water partition coefficient (Wildman–Crippen LogP) is 8.16. The summed E-state index contributed by atoms with van der Waals surface area (Å²) in [6, 6.07) is 23.8. The zero-order valence-electron chi connectivity index (χ0n) is 20.6. The molecule has 0 fully saturated rings. The van der Waals surface area contributed by atoms with Crippen molar-refractivity contribution < 1.29 is 9.53 Å². The molecule has 0 N–H and O–H groups in total. The van der Waals surface area contributed by atoms with Gasteiger partial charge in [-0.2, -0.15) is 5.26 Å². The van der Waals surface area contributed by atoms with E-state index in [1.165, 1.54) is 18.4 Å². The fourth-order valence-electron chi connectivity index (χ4n) is 4.28. The highest BCUT2D eigenvalue weighted by Gasteiger charge is 2.13. The van der Waals surface area contributed by atoms with Crippen LogP contribution in [0.15, 0.2) is 66.7 Å². The van der Waals surface area contributed by atoms with E-state index < -0.39 is 5.97 Å². The van der Waals surface area contributed by atoms with Crippen LogP contribution in [0.3, 0.4) is 0 Å². The molecule has 0 aliphatic heterocycles. The second kappa shape index (κ2) is 12.8. The second-order valence-corrected chi connectivity index (χ2v) is 9.16. The number of esters is 1. The van der Waals surface area contributed by atoms with E-state index in [4.69, 9.17) is 4.74 Å². The van der Waals surface area contributed by atoms with Gasteiger partial charge in [-0.3, -0.25) is 0 Å². The number of hydrogen-bond donors (Lipinski definition) is 0. The highest BCUT2D eigenvalue weighted by atomic mass is 16.5. The molecule has 0 amide bonds. The average Bonchev–Trinajstić information content (AvgIpc) is 2.85. The molecule has 0 radical (unpaired) electrons. The van der Waals surface area contributed by atoms with Crippen LogP contribution in [0.4, 0.5) is 0 Å². The van der Waals surface area contributed by atoms with Crippen LogP contribution < -0.4 is 4.74 Å². The van der Waals surface area contributed by atoms with Gasteiger partial charge in [-0.15, -0.1) is 0 Å². The molecule has 3 heteroatoms. The summed E-state index contributed by atoms with van der Waals surface area (Å²) in [5, 5.41) is 9.51. The summed E-state index contributed by atoms with van der Waals surface area (Å²) >= 11 is 0. The Kier molecular flexibility index (Phi) is 9.47. The smallest absolute Gasteiger partial charge is 0.343 e. The van der Waals surface area contributed by atoms with Crippen molar-refractivity contribution in [2.75, 3.05) is 0 Å². The van der Waals surface area contributed by atoms with Gasteiger partial charge in [0.2, 0.25) is 0 Å². The molecule has 0 heterocycles. The standard InChI is InChI=1S/C31H35NO2/c1-4-6-7-9-24-12-19-30(29(21-24)22-32)34-31(33)28-17-15-27(16-18-28)26-13-10-25(11-14-26)20-23(3)8-5-2/h10-19,21,23H,4-9,20H2,1-3H3. The maximum absolute atomic E-state index is 12.7. The second-order valence-electron chi connectivity index (χ2n) is 9.16. The van der Waals surface area contributed by atoms with Gasteiger partial charge < -0.3 is 4.74 Å². The molecule has 0 saturated carbocycles. The Morgan fingerprint density at radius 2 is 1.53 bits per heavy atom. The molecular weight excluding hydrogens is 418 g/mol. The number of nitriles is 1. The molecule has 34 heavy (non-hydrogen) atoms. The lowest BCUT2D eigenvalue weighted by Crippen LogP contribution is -2.09. The Hall–Kier alpha value is -3.38. The first-order valence-corrected chi connectivity index (χ1v) is 12.5. The lowest BCUT2D eigenvalue weighted by atomic mass is 9.95. The molecule has 3 aromatic carbocycles. The van der Waals surface area contributed by atoms with E-state index in [0.29, 0.717) is 22.8 Å². The first-order chi connectivity index (χ1) is 16.5. The summed E-state index contributed by atoms with van der Waals surface area (Å²) in [7, 11) is 0. The van der Waals surface area contributed by atoms with Crippen molar-refractivity contribution >= 4 is 5.97 Å². The lowest BCUT2D eigenvalue weighted by molar-refractivity contribution is 0.0734. The largest absolute Gasteiger partial charge is 0.422 e. The Morgan fingerprint density at radius 1 is 0.882 bits per heavy atom. The number of carbonyl (C=O) groups is 1. The molecular formula is C31H35NO2. The van der Waals surface area contributed by atoms with E-state index in [-0.39, 0.29) is 0 Å². The van der Waals surface area contributed by atoms with Gasteiger partial charge in [0.1, 0.15) is 11.8 Å². The summed E-state index contributed by atoms with van der Waals surface area (Å²) in [6.45, 7) is 6.70. The van der Waals surface area contributed by atoms with Gasteiger partial charge in [0.15, 0.2) is 0 Å². The van der Waals surface area contributed by atoms with Crippen molar-refractivity contribution in [1.29, 1.82) is 5.26 Å². The minimum absolute atomic E-state index is 0.309. The van der Waals surface area contributed by atoms with Crippen molar-refractivity contribution in [3.05, 3.63) is 89.0 Å². The topological polar surface area (TPSA) is 50.1 Å². The maximum Gasteiger partial charge on any atom is 0.343 e. The number of carbonyl (C=O) groups excluding carboxylic acids is 1. The Balaban J connectivity index is 1.64. The molecule has 0 bridgehead atoms. The first-order valence-electron chi connectivity index (χ1n) is 12.5. The molecule has 3 nitrogen and oxygen atoms in total. The number of benzene rings is 3. The number of hydrogen-bond acceptors (Lipinski definition) is 3. The molecule has 3 aromatic rings. The maximum atomic E-state index is 12.7. The third-order valence-corrected chi connectivity index (χ3v) is 6.21. The third-order valence-electron chi connectivity index (χ3n) is 6.21. The Morgan fingerprint density at radius 3 is 2.15 bits per heavy atom. The van der Waals surface area contributed by atoms with Crippen molar-refractivity contribution in [1.82, 2.24) is 0 Å². The van der Waals surface area contributed by atoms with Gasteiger partial charge in [-0.1, -0.05) is 88.9 Å². The van der Waals surface area contributed by atoms with Crippen LogP contribution in [0.5, 0.6) is 5.75 Å². The summed E-state index contributed by atoms with van der Waals surface area (Å²) in [5.41, 5.74) is 5.49. The van der Waals surface area contributed by atoms with Gasteiger partial charge in [0, 0.05) is 0 Å². The van der Waals surface area contributed by atoms with Crippen molar-refractivity contribution in [3.63, 3.8) is 0 Å². The van der Waals surface area contributed by atoms with Crippen LogP contribution in [-0.2, 0) is 12.8 Å². The SMILES string of the molecule is CCCCCc1ccc(OC(=O)c2ccc(-c3ccc(CC(C)CCC)cc3)cc2)c(C#N)c1. The van der Waals surface area contributed by atoms with Crippen LogP contribution in [0, 0.1) is 17.2 Å². The third kappa shape index (κ3) is 7.06. The van der Waals surface area contributed by atoms with Crippen LogP contribution >= 0.6 is 0 Å². The zero-order valence-corrected chi connectivity index (χ0v) is 20.6. The van der Waals surface area contributed by atoms with Crippen molar-refractivity contribution in [2.45, 2.75) is 65.7 Å². The number of unbranched alkanes of at least 4 members (excludes halogenated alkanes) is 2. The predicted molar refractivity (Wildman–Crippen MR) is 139 cm³/mol. The summed E-state index contributed by atoms with van der Waals surface area (Å²) in [6.07, 6.45) is 7.91. The molecule has 0 saturated heterocycles. The van der Waals surface area contributed by atoms with E-state index in [9.17, 15) is 10.1 Å². The van der Waals surface area contributed by atoms with E-state index in [2.05, 4.69) is 51.1 Å². The minimum Gasteiger partial charge on any atom is -0.422 e. The van der Waals surface area contributed by atoms with E-state index in [1.54, 1.807) is 18.2 Å². The Labute approximate surface area is 204 Å². The van der Waals surface area contributed by atoms with Gasteiger partial charge in [0.05, 0.1) is 11.1 Å². The molecule has 0 spiro atoms. The molecule has 0 aliphatic carbocycles. The summed E-state index contributed by atoms with van der Waals surface area (Å²) in [4.78, 5) is 12.7. The van der Waals surface area contributed by atoms with Crippen LogP contribution in [-0.4, -0.2) is 5.97 Å². The fraction of sp³-hybridized carbons (Fsp3) is 0.355. The van der Waals surface area contributed by atoms with E-state index in [0.717, 1.165) is 48.8 Å². The quantitative estimate of drug-likeness (QED) is 0.167. The van der Waals surface area contributed by atoms with Crippen LogP contribution in [0.2, 0.25) is 0 Å². The highest BCUT2D eigenvalue weighted by Crippen LogP contribution is 2.24. The molecule has 176 valence electrons. The van der Waals surface area contributed by atoms with Gasteiger partial charge >= 0.3 is 5.97 Å². The normalized spacial score (nSPS) is 11.6. The summed E-state index contributed by atoms with van der Waals surface area (Å²) < 4.78 is 5.56.